The predicted molar refractivity (Wildman–Crippen MR) is 48.7 cm³/mol. The molecule has 0 rings (SSSR count). The van der Waals surface area contributed by atoms with E-state index in [1.807, 2.05) is 0 Å². The van der Waals surface area contributed by atoms with Crippen molar-refractivity contribution in [3.8, 4) is 0 Å². The minimum absolute atomic E-state index is 0.00419. The van der Waals surface area contributed by atoms with Crippen LogP contribution in [0.4, 0.5) is 0 Å². The van der Waals surface area contributed by atoms with E-state index < -0.39 is 0 Å². The summed E-state index contributed by atoms with van der Waals surface area (Å²) in [6.45, 7) is 0.669. The van der Waals surface area contributed by atoms with Crippen molar-refractivity contribution in [1.82, 2.24) is 5.43 Å². The van der Waals surface area contributed by atoms with Gasteiger partial charge in [0.05, 0.1) is 6.04 Å². The van der Waals surface area contributed by atoms with E-state index in [-0.39, 0.29) is 11.6 Å². The molecule has 0 amide bonds. The number of hydrogen-bond acceptors (Lipinski definition) is 4. The molecule has 4 nitrogen and oxygen atoms in total. The van der Waals surface area contributed by atoms with Crippen molar-refractivity contribution in [2.75, 3.05) is 6.54 Å². The Morgan fingerprint density at radius 1 is 1.55 bits per heavy atom. The van der Waals surface area contributed by atoms with E-state index in [1.54, 1.807) is 0 Å². The van der Waals surface area contributed by atoms with Crippen molar-refractivity contribution < 1.29 is 4.79 Å². The van der Waals surface area contributed by atoms with Crippen molar-refractivity contribution in [2.24, 2.45) is 11.6 Å². The number of hydrogen-bond donors (Lipinski definition) is 3. The average Bonchev–Trinajstić information content (AvgIpc) is 1.97. The van der Waals surface area contributed by atoms with Gasteiger partial charge in [-0.15, -0.1) is 0 Å². The van der Waals surface area contributed by atoms with Crippen LogP contribution in [-0.4, -0.2) is 18.1 Å². The van der Waals surface area contributed by atoms with Gasteiger partial charge >= 0.3 is 0 Å². The van der Waals surface area contributed by atoms with Gasteiger partial charge < -0.3 is 5.73 Å². The Bertz CT molecular complexity index is 120. The molecule has 0 aliphatic rings. The molecule has 0 aromatic carbocycles. The summed E-state index contributed by atoms with van der Waals surface area (Å²) >= 11 is 0. The summed E-state index contributed by atoms with van der Waals surface area (Å²) in [5, 5.41) is 0. The lowest BCUT2D eigenvalue weighted by atomic mass is 10.1. The first-order chi connectivity index (χ1) is 5.22. The molecule has 0 heterocycles. The minimum atomic E-state index is -0.230. The lowest BCUT2D eigenvalue weighted by molar-refractivity contribution is -0.113. The van der Waals surface area contributed by atoms with E-state index >= 15 is 0 Å². The summed E-state index contributed by atoms with van der Waals surface area (Å²) in [7, 11) is 2.12. The number of unbranched alkanes of at least 4 members (excludes halogenated alkanes) is 1. The predicted octanol–water partition coefficient (Wildman–Crippen LogP) is -0.651. The van der Waals surface area contributed by atoms with E-state index in [0.29, 0.717) is 6.54 Å². The van der Waals surface area contributed by atoms with Crippen LogP contribution in [-0.2, 0) is 4.79 Å². The maximum atomic E-state index is 10.8. The number of carbonyl (C=O) groups is 1. The van der Waals surface area contributed by atoms with E-state index in [4.69, 9.17) is 11.6 Å². The zero-order valence-corrected chi connectivity index (χ0v) is 7.70. The minimum Gasteiger partial charge on any atom is -0.330 e. The normalized spacial score (nSPS) is 13.0. The van der Waals surface area contributed by atoms with Gasteiger partial charge in [-0.3, -0.25) is 10.6 Å². The van der Waals surface area contributed by atoms with Gasteiger partial charge in [0.2, 0.25) is 0 Å². The fourth-order valence-corrected chi connectivity index (χ4v) is 1.06. The van der Waals surface area contributed by atoms with Crippen molar-refractivity contribution in [3.05, 3.63) is 0 Å². The zero-order chi connectivity index (χ0) is 8.69. The molecule has 11 heavy (non-hydrogen) atoms. The van der Waals surface area contributed by atoms with Crippen LogP contribution in [0.3, 0.4) is 0 Å². The highest BCUT2D eigenvalue weighted by Crippen LogP contribution is 2.03. The molecule has 0 aliphatic heterocycles. The smallest absolute Gasteiger partial charge is 0.166 e. The second-order valence-corrected chi connectivity index (χ2v) is 2.98. The Morgan fingerprint density at radius 3 is 2.55 bits per heavy atom. The van der Waals surface area contributed by atoms with Crippen LogP contribution in [0.25, 0.3) is 0 Å². The molecule has 5 N–H and O–H groups in total. The fourth-order valence-electron chi connectivity index (χ4n) is 0.801. The van der Waals surface area contributed by atoms with Gasteiger partial charge in [0.25, 0.3) is 0 Å². The van der Waals surface area contributed by atoms with Gasteiger partial charge in [0.15, 0.2) is 5.52 Å². The topological polar surface area (TPSA) is 81.1 Å². The Labute approximate surface area is 69.3 Å². The summed E-state index contributed by atoms with van der Waals surface area (Å²) < 4.78 is 0. The van der Waals surface area contributed by atoms with Crippen molar-refractivity contribution in [2.45, 2.75) is 25.3 Å². The first-order valence-corrected chi connectivity index (χ1v) is 4.25. The van der Waals surface area contributed by atoms with Gasteiger partial charge in [-0.2, -0.15) is 0 Å². The largest absolute Gasteiger partial charge is 0.330 e. The molecule has 0 fully saturated rings. The van der Waals surface area contributed by atoms with Crippen molar-refractivity contribution >= 4 is 14.8 Å². The van der Waals surface area contributed by atoms with Crippen LogP contribution in [0, 0.1) is 0 Å². The van der Waals surface area contributed by atoms with Crippen LogP contribution in [0.15, 0.2) is 0 Å². The molecule has 0 bridgehead atoms. The molecule has 2 atom stereocenters. The SMILES string of the molecule is NCCCC[C@H](NN)C(=O)P. The third-order valence-corrected chi connectivity index (χ3v) is 1.89. The van der Waals surface area contributed by atoms with Gasteiger partial charge in [0, 0.05) is 0 Å². The first kappa shape index (κ1) is 11.0. The van der Waals surface area contributed by atoms with Gasteiger partial charge in [0.1, 0.15) is 0 Å². The van der Waals surface area contributed by atoms with Gasteiger partial charge in [-0.05, 0) is 19.4 Å². The summed E-state index contributed by atoms with van der Waals surface area (Å²) in [4.78, 5) is 10.8. The Kier molecular flexibility index (Phi) is 6.66. The van der Waals surface area contributed by atoms with E-state index in [0.717, 1.165) is 19.3 Å². The molecule has 0 saturated heterocycles. The van der Waals surface area contributed by atoms with E-state index in [1.165, 1.54) is 0 Å². The maximum Gasteiger partial charge on any atom is 0.166 e. The highest BCUT2D eigenvalue weighted by atomic mass is 31.0. The summed E-state index contributed by atoms with van der Waals surface area (Å²) in [6, 6.07) is -0.230. The summed E-state index contributed by atoms with van der Waals surface area (Å²) in [5.74, 6) is 5.14. The summed E-state index contributed by atoms with van der Waals surface area (Å²) in [6.07, 6.45) is 2.64. The average molecular weight is 177 g/mol. The highest BCUT2D eigenvalue weighted by Gasteiger charge is 2.10. The number of nitrogens with one attached hydrogen (secondary N) is 1. The molecule has 0 aromatic rings. The Balaban J connectivity index is 3.44. The number of carbonyl (C=O) groups excluding carboxylic acids is 1. The maximum absolute atomic E-state index is 10.8. The number of nitrogens with two attached hydrogens (primary N) is 2. The summed E-state index contributed by atoms with van der Waals surface area (Å²) in [5.41, 5.74) is 7.74. The second kappa shape index (κ2) is 6.68. The van der Waals surface area contributed by atoms with E-state index in [9.17, 15) is 4.79 Å². The molecule has 66 valence electrons. The Hall–Kier alpha value is -0.0200. The fraction of sp³-hybridized carbons (Fsp3) is 0.833. The number of rotatable bonds is 6. The van der Waals surface area contributed by atoms with Crippen LogP contribution in [0.1, 0.15) is 19.3 Å². The standard InChI is InChI=1S/C6H16N3OP/c7-4-2-1-3-5(9-8)6(10)11/h5,9H,1-4,7-8,11H2/t5-/m0/s1. The van der Waals surface area contributed by atoms with Crippen LogP contribution < -0.4 is 17.0 Å². The quantitative estimate of drug-likeness (QED) is 0.218. The Morgan fingerprint density at radius 2 is 2.18 bits per heavy atom. The molecular weight excluding hydrogens is 161 g/mol. The van der Waals surface area contributed by atoms with Crippen LogP contribution in [0.5, 0.6) is 0 Å². The van der Waals surface area contributed by atoms with Crippen molar-refractivity contribution in [3.63, 3.8) is 0 Å². The third-order valence-electron chi connectivity index (χ3n) is 1.49. The molecular formula is C6H16N3OP. The highest BCUT2D eigenvalue weighted by molar-refractivity contribution is 7.40. The third kappa shape index (κ3) is 5.27. The molecule has 0 aromatic heterocycles. The molecule has 0 saturated carbocycles. The molecule has 0 spiro atoms. The zero-order valence-electron chi connectivity index (χ0n) is 6.55. The van der Waals surface area contributed by atoms with Crippen molar-refractivity contribution in [1.29, 1.82) is 0 Å². The van der Waals surface area contributed by atoms with Gasteiger partial charge in [-0.1, -0.05) is 15.7 Å². The molecule has 1 unspecified atom stereocenters. The number of hydrazine groups is 1. The van der Waals surface area contributed by atoms with E-state index in [2.05, 4.69) is 14.7 Å². The lowest BCUT2D eigenvalue weighted by Gasteiger charge is -2.10. The molecule has 0 radical (unpaired) electrons. The second-order valence-electron chi connectivity index (χ2n) is 2.41. The van der Waals surface area contributed by atoms with Crippen LogP contribution >= 0.6 is 9.24 Å². The van der Waals surface area contributed by atoms with Gasteiger partial charge in [-0.25, -0.2) is 5.43 Å². The molecule has 0 aliphatic carbocycles. The molecule has 5 heteroatoms. The lowest BCUT2D eigenvalue weighted by Crippen LogP contribution is -2.39. The van der Waals surface area contributed by atoms with Crippen LogP contribution in [0.2, 0.25) is 0 Å². The monoisotopic (exact) mass is 177 g/mol. The first-order valence-electron chi connectivity index (χ1n) is 3.68.